The highest BCUT2D eigenvalue weighted by Crippen LogP contribution is 2.60. The van der Waals surface area contributed by atoms with Crippen molar-refractivity contribution in [1.82, 2.24) is 5.43 Å². The van der Waals surface area contributed by atoms with Crippen LogP contribution in [0.3, 0.4) is 0 Å². The predicted octanol–water partition coefficient (Wildman–Crippen LogP) is 3.00. The van der Waals surface area contributed by atoms with Gasteiger partial charge in [-0.2, -0.15) is 0 Å². The van der Waals surface area contributed by atoms with Crippen LogP contribution in [-0.2, 0) is 0 Å². The Labute approximate surface area is 101 Å². The summed E-state index contributed by atoms with van der Waals surface area (Å²) in [5, 5.41) is 2.18. The number of rotatable bonds is 3. The monoisotopic (exact) mass is 236 g/mol. The Kier molecular flexibility index (Phi) is 2.78. The Hall–Kier alpha value is -0.380. The maximum Gasteiger partial charge on any atom is 0.0504 e. The number of thiophene rings is 1. The molecule has 3 heteroatoms. The van der Waals surface area contributed by atoms with Crippen LogP contribution in [0, 0.1) is 24.7 Å². The predicted molar refractivity (Wildman–Crippen MR) is 68.1 cm³/mol. The quantitative estimate of drug-likeness (QED) is 0.625. The van der Waals surface area contributed by atoms with Gasteiger partial charge in [0.05, 0.1) is 6.04 Å². The lowest BCUT2D eigenvalue weighted by atomic mass is 10.0. The summed E-state index contributed by atoms with van der Waals surface area (Å²) in [5.74, 6) is 8.49. The van der Waals surface area contributed by atoms with E-state index in [2.05, 4.69) is 23.8 Å². The van der Waals surface area contributed by atoms with E-state index in [1.54, 1.807) is 0 Å². The van der Waals surface area contributed by atoms with Gasteiger partial charge < -0.3 is 0 Å². The molecular formula is C13H20N2S. The van der Waals surface area contributed by atoms with Crippen LogP contribution in [0.1, 0.15) is 42.2 Å². The largest absolute Gasteiger partial charge is 0.271 e. The van der Waals surface area contributed by atoms with Crippen molar-refractivity contribution in [2.45, 2.75) is 38.6 Å². The van der Waals surface area contributed by atoms with Gasteiger partial charge in [0.1, 0.15) is 0 Å². The number of hydrazine groups is 1. The zero-order valence-electron chi connectivity index (χ0n) is 9.78. The minimum Gasteiger partial charge on any atom is -0.271 e. The number of hydrogen-bond acceptors (Lipinski definition) is 3. The summed E-state index contributed by atoms with van der Waals surface area (Å²) in [5.41, 5.74) is 4.51. The fourth-order valence-corrected chi connectivity index (χ4v) is 4.42. The van der Waals surface area contributed by atoms with Crippen LogP contribution < -0.4 is 11.3 Å². The summed E-state index contributed by atoms with van der Waals surface area (Å²) in [7, 11) is 0. The topological polar surface area (TPSA) is 38.0 Å². The van der Waals surface area contributed by atoms with E-state index in [4.69, 9.17) is 5.84 Å². The average molecular weight is 236 g/mol. The molecule has 3 atom stereocenters. The molecule has 0 bridgehead atoms. The maximum absolute atomic E-state index is 5.78. The van der Waals surface area contributed by atoms with Crippen LogP contribution in [-0.4, -0.2) is 0 Å². The van der Waals surface area contributed by atoms with E-state index in [9.17, 15) is 0 Å². The van der Waals surface area contributed by atoms with Crippen molar-refractivity contribution in [3.05, 3.63) is 21.9 Å². The second-order valence-corrected chi connectivity index (χ2v) is 6.39. The minimum absolute atomic E-state index is 0.402. The zero-order chi connectivity index (χ0) is 11.1. The Balaban J connectivity index is 1.80. The summed E-state index contributed by atoms with van der Waals surface area (Å²) in [6, 6.07) is 2.65. The van der Waals surface area contributed by atoms with E-state index in [-0.39, 0.29) is 0 Å². The first kappa shape index (κ1) is 10.8. The SMILES string of the molecule is Cc1sccc1C(NN)C1C2CCCCC21. The molecule has 2 aliphatic carbocycles. The van der Waals surface area contributed by atoms with Crippen molar-refractivity contribution in [3.63, 3.8) is 0 Å². The van der Waals surface area contributed by atoms with Gasteiger partial charge >= 0.3 is 0 Å². The Bertz CT molecular complexity index is 362. The van der Waals surface area contributed by atoms with Gasteiger partial charge in [-0.05, 0) is 54.5 Å². The van der Waals surface area contributed by atoms with Crippen LogP contribution in [0.5, 0.6) is 0 Å². The smallest absolute Gasteiger partial charge is 0.0504 e. The van der Waals surface area contributed by atoms with Gasteiger partial charge in [-0.25, -0.2) is 0 Å². The van der Waals surface area contributed by atoms with Crippen molar-refractivity contribution in [2.24, 2.45) is 23.6 Å². The van der Waals surface area contributed by atoms with E-state index in [0.717, 1.165) is 17.8 Å². The number of nitrogens with two attached hydrogens (primary N) is 1. The first-order valence-electron chi connectivity index (χ1n) is 6.33. The van der Waals surface area contributed by atoms with Gasteiger partial charge in [-0.1, -0.05) is 12.8 Å². The van der Waals surface area contributed by atoms with Crippen LogP contribution in [0.25, 0.3) is 0 Å². The molecule has 2 aliphatic rings. The molecule has 0 aliphatic heterocycles. The first-order valence-corrected chi connectivity index (χ1v) is 7.21. The molecule has 2 nitrogen and oxygen atoms in total. The molecule has 16 heavy (non-hydrogen) atoms. The molecule has 0 spiro atoms. The summed E-state index contributed by atoms with van der Waals surface area (Å²) >= 11 is 1.83. The van der Waals surface area contributed by atoms with Gasteiger partial charge in [-0.3, -0.25) is 11.3 Å². The zero-order valence-corrected chi connectivity index (χ0v) is 10.6. The Morgan fingerprint density at radius 3 is 2.56 bits per heavy atom. The maximum atomic E-state index is 5.78. The summed E-state index contributed by atoms with van der Waals surface area (Å²) < 4.78 is 0. The van der Waals surface area contributed by atoms with Crippen LogP contribution in [0.2, 0.25) is 0 Å². The lowest BCUT2D eigenvalue weighted by Crippen LogP contribution is -2.30. The van der Waals surface area contributed by atoms with Crippen molar-refractivity contribution in [1.29, 1.82) is 0 Å². The molecule has 88 valence electrons. The molecule has 1 heterocycles. The summed E-state index contributed by atoms with van der Waals surface area (Å²) in [4.78, 5) is 1.42. The van der Waals surface area contributed by atoms with Crippen molar-refractivity contribution >= 4 is 11.3 Å². The molecule has 0 amide bonds. The standard InChI is InChI=1S/C13H20N2S/c1-8-9(6-7-16-8)13(15-14)12-10-4-2-3-5-11(10)12/h6-7,10-13,15H,2-5,14H2,1H3. The average Bonchev–Trinajstić information content (AvgIpc) is 2.87. The first-order chi connectivity index (χ1) is 7.83. The third-order valence-electron chi connectivity index (χ3n) is 4.52. The summed E-state index contributed by atoms with van der Waals surface area (Å²) in [6.07, 6.45) is 5.71. The highest BCUT2D eigenvalue weighted by atomic mass is 32.1. The van der Waals surface area contributed by atoms with E-state index in [1.807, 2.05) is 11.3 Å². The lowest BCUT2D eigenvalue weighted by Gasteiger charge is -2.16. The van der Waals surface area contributed by atoms with Gasteiger partial charge in [0.2, 0.25) is 0 Å². The molecule has 1 aromatic heterocycles. The molecule has 2 fully saturated rings. The number of aryl methyl sites for hydroxylation is 1. The molecule has 3 unspecified atom stereocenters. The van der Waals surface area contributed by atoms with Crippen molar-refractivity contribution < 1.29 is 0 Å². The van der Waals surface area contributed by atoms with E-state index in [0.29, 0.717) is 6.04 Å². The molecular weight excluding hydrogens is 216 g/mol. The highest BCUT2D eigenvalue weighted by Gasteiger charge is 2.54. The highest BCUT2D eigenvalue weighted by molar-refractivity contribution is 7.10. The third kappa shape index (κ3) is 1.62. The second kappa shape index (κ2) is 4.13. The van der Waals surface area contributed by atoms with Crippen molar-refractivity contribution in [2.75, 3.05) is 0 Å². The fourth-order valence-electron chi connectivity index (χ4n) is 3.67. The summed E-state index contributed by atoms with van der Waals surface area (Å²) in [6.45, 7) is 2.20. The van der Waals surface area contributed by atoms with Gasteiger partial charge in [0.15, 0.2) is 0 Å². The molecule has 0 aromatic carbocycles. The molecule has 2 saturated carbocycles. The number of nitrogens with one attached hydrogen (secondary N) is 1. The minimum atomic E-state index is 0.402. The Morgan fingerprint density at radius 2 is 2.06 bits per heavy atom. The second-order valence-electron chi connectivity index (χ2n) is 5.27. The normalized spacial score (nSPS) is 34.5. The van der Waals surface area contributed by atoms with Crippen LogP contribution >= 0.6 is 11.3 Å². The molecule has 1 aromatic rings. The molecule has 3 rings (SSSR count). The van der Waals surface area contributed by atoms with Gasteiger partial charge in [0, 0.05) is 4.88 Å². The van der Waals surface area contributed by atoms with Gasteiger partial charge in [-0.15, -0.1) is 11.3 Å². The molecule has 0 saturated heterocycles. The van der Waals surface area contributed by atoms with Crippen LogP contribution in [0.15, 0.2) is 11.4 Å². The molecule has 0 radical (unpaired) electrons. The molecule has 3 N–H and O–H groups in total. The number of hydrogen-bond donors (Lipinski definition) is 2. The van der Waals surface area contributed by atoms with Gasteiger partial charge in [0.25, 0.3) is 0 Å². The van der Waals surface area contributed by atoms with E-state index >= 15 is 0 Å². The van der Waals surface area contributed by atoms with Crippen molar-refractivity contribution in [3.8, 4) is 0 Å². The van der Waals surface area contributed by atoms with E-state index in [1.165, 1.54) is 36.1 Å². The lowest BCUT2D eigenvalue weighted by molar-refractivity contribution is 0.456. The number of fused-ring (bicyclic) bond motifs is 1. The van der Waals surface area contributed by atoms with E-state index < -0.39 is 0 Å². The van der Waals surface area contributed by atoms with Crippen LogP contribution in [0.4, 0.5) is 0 Å². The Morgan fingerprint density at radius 1 is 1.38 bits per heavy atom. The fraction of sp³-hybridized carbons (Fsp3) is 0.692. The third-order valence-corrected chi connectivity index (χ3v) is 5.38.